The standard InChI is InChI=1S/C35H41F2N7O6/c1-42-27-18-38-33(41-30(27)44(24-11-7-8-12-24)21-35(36,37)32(42)46)40-25-14-13-23(17-28(25)48-2)31(45)39-26-15-16-43(19-29(26)49-3)34(47)50-20-22-9-5-4-6-10-22/h4-6,9-10,13-14,17-18,24,26,29H,7-8,11-12,15-16,19-21H2,1-3H3,(H,39,45)(H,38,40,41)/t26-,29-/m1/s1. The molecule has 2 aromatic carbocycles. The quantitative estimate of drug-likeness (QED) is 0.323. The van der Waals surface area contributed by atoms with Crippen LogP contribution in [0.2, 0.25) is 0 Å². The van der Waals surface area contributed by atoms with Crippen LogP contribution in [0.25, 0.3) is 0 Å². The number of piperidine rings is 1. The average molecular weight is 694 g/mol. The van der Waals surface area contributed by atoms with Crippen LogP contribution in [0.3, 0.4) is 0 Å². The number of rotatable bonds is 9. The number of anilines is 4. The third kappa shape index (κ3) is 7.42. The molecule has 2 N–H and O–H groups in total. The lowest BCUT2D eigenvalue weighted by atomic mass is 10.0. The zero-order valence-corrected chi connectivity index (χ0v) is 28.2. The molecule has 6 rings (SSSR count). The van der Waals surface area contributed by atoms with Crippen LogP contribution in [0.4, 0.5) is 36.7 Å². The molecular formula is C35H41F2N7O6. The molecule has 3 aromatic rings. The third-order valence-electron chi connectivity index (χ3n) is 9.49. The van der Waals surface area contributed by atoms with Gasteiger partial charge in [-0.1, -0.05) is 43.2 Å². The number of methoxy groups -OCH3 is 2. The number of halogens is 2. The molecule has 2 fully saturated rings. The minimum Gasteiger partial charge on any atom is -0.495 e. The first-order valence-electron chi connectivity index (χ1n) is 16.6. The van der Waals surface area contributed by atoms with Gasteiger partial charge in [0.2, 0.25) is 5.95 Å². The summed E-state index contributed by atoms with van der Waals surface area (Å²) in [4.78, 5) is 51.7. The number of carbonyl (C=O) groups is 3. The van der Waals surface area contributed by atoms with Gasteiger partial charge in [0.1, 0.15) is 18.0 Å². The molecule has 1 saturated carbocycles. The molecule has 1 aromatic heterocycles. The number of hydrogen-bond acceptors (Lipinski definition) is 10. The van der Waals surface area contributed by atoms with Crippen molar-refractivity contribution in [1.29, 1.82) is 0 Å². The Balaban J connectivity index is 1.13. The van der Waals surface area contributed by atoms with Crippen LogP contribution in [0.1, 0.15) is 48.0 Å². The van der Waals surface area contributed by atoms with Crippen molar-refractivity contribution in [3.8, 4) is 5.75 Å². The summed E-state index contributed by atoms with van der Waals surface area (Å²) in [6.45, 7) is 0.0289. The van der Waals surface area contributed by atoms with Gasteiger partial charge in [0, 0.05) is 32.3 Å². The van der Waals surface area contributed by atoms with Gasteiger partial charge in [0.05, 0.1) is 44.2 Å². The van der Waals surface area contributed by atoms with Crippen LogP contribution >= 0.6 is 0 Å². The maximum Gasteiger partial charge on any atom is 0.410 e. The number of hydrogen-bond donors (Lipinski definition) is 2. The van der Waals surface area contributed by atoms with Crippen molar-refractivity contribution < 1.29 is 37.4 Å². The van der Waals surface area contributed by atoms with Crippen LogP contribution in [-0.2, 0) is 20.9 Å². The number of aromatic nitrogens is 2. The summed E-state index contributed by atoms with van der Waals surface area (Å²) in [5, 5.41) is 6.10. The Morgan fingerprint density at radius 3 is 2.54 bits per heavy atom. The van der Waals surface area contributed by atoms with E-state index in [2.05, 4.69) is 20.6 Å². The van der Waals surface area contributed by atoms with E-state index in [1.54, 1.807) is 23.1 Å². The Labute approximate surface area is 288 Å². The molecule has 50 heavy (non-hydrogen) atoms. The highest BCUT2D eigenvalue weighted by Crippen LogP contribution is 2.40. The fraction of sp³-hybridized carbons (Fsp3) is 0.457. The Morgan fingerprint density at radius 2 is 1.82 bits per heavy atom. The molecular weight excluding hydrogens is 652 g/mol. The summed E-state index contributed by atoms with van der Waals surface area (Å²) < 4.78 is 46.7. The van der Waals surface area contributed by atoms with E-state index in [0.717, 1.165) is 36.1 Å². The number of nitrogens with one attached hydrogen (secondary N) is 2. The second-order valence-electron chi connectivity index (χ2n) is 12.7. The predicted octanol–water partition coefficient (Wildman–Crippen LogP) is 4.75. The summed E-state index contributed by atoms with van der Waals surface area (Å²) in [5.74, 6) is -4.56. The molecule has 3 aliphatic rings. The van der Waals surface area contributed by atoms with Gasteiger partial charge in [-0.15, -0.1) is 0 Å². The van der Waals surface area contributed by atoms with E-state index in [0.29, 0.717) is 30.0 Å². The number of carbonyl (C=O) groups excluding carboxylic acids is 3. The Hall–Kier alpha value is -5.05. The van der Waals surface area contributed by atoms with Crippen molar-refractivity contribution in [3.05, 3.63) is 65.9 Å². The highest BCUT2D eigenvalue weighted by molar-refractivity contribution is 6.02. The molecule has 3 amide bonds. The van der Waals surface area contributed by atoms with Gasteiger partial charge >= 0.3 is 12.0 Å². The number of amides is 3. The number of fused-ring (bicyclic) bond motifs is 1. The summed E-state index contributed by atoms with van der Waals surface area (Å²) >= 11 is 0. The van der Waals surface area contributed by atoms with E-state index in [1.807, 2.05) is 30.3 Å². The number of ether oxygens (including phenoxy) is 3. The first-order chi connectivity index (χ1) is 24.1. The highest BCUT2D eigenvalue weighted by Gasteiger charge is 2.49. The number of benzene rings is 2. The SMILES string of the molecule is COc1cc(C(=O)N[C@@H]2CCN(C(=O)OCc3ccccc3)C[C@H]2OC)ccc1Nc1ncc2c(n1)N(C1CCCC1)CC(F)(F)C(=O)N2C. The first kappa shape index (κ1) is 34.8. The maximum atomic E-state index is 15.0. The molecule has 266 valence electrons. The third-order valence-corrected chi connectivity index (χ3v) is 9.49. The van der Waals surface area contributed by atoms with Crippen molar-refractivity contribution in [2.75, 3.05) is 56.0 Å². The lowest BCUT2D eigenvalue weighted by Crippen LogP contribution is -2.56. The normalized spacial score (nSPS) is 20.6. The fourth-order valence-electron chi connectivity index (χ4n) is 6.71. The van der Waals surface area contributed by atoms with Gasteiger partial charge in [0.25, 0.3) is 11.8 Å². The second kappa shape index (κ2) is 14.8. The molecule has 2 aliphatic heterocycles. The first-order valence-corrected chi connectivity index (χ1v) is 16.6. The summed E-state index contributed by atoms with van der Waals surface area (Å²) in [6, 6.07) is 13.7. The lowest BCUT2D eigenvalue weighted by Gasteiger charge is -2.37. The van der Waals surface area contributed by atoms with Crippen LogP contribution in [0.15, 0.2) is 54.7 Å². The molecule has 3 heterocycles. The van der Waals surface area contributed by atoms with Crippen molar-refractivity contribution in [2.24, 2.45) is 0 Å². The largest absolute Gasteiger partial charge is 0.495 e. The Bertz CT molecular complexity index is 1710. The summed E-state index contributed by atoms with van der Waals surface area (Å²) in [7, 11) is 4.29. The van der Waals surface area contributed by atoms with E-state index in [-0.39, 0.29) is 48.6 Å². The van der Waals surface area contributed by atoms with Crippen LogP contribution in [0, 0.1) is 0 Å². The van der Waals surface area contributed by atoms with Crippen molar-refractivity contribution in [2.45, 2.75) is 62.8 Å². The van der Waals surface area contributed by atoms with Gasteiger partial charge in [-0.2, -0.15) is 13.8 Å². The van der Waals surface area contributed by atoms with Crippen LogP contribution in [-0.4, -0.2) is 97.8 Å². The van der Waals surface area contributed by atoms with Gasteiger partial charge < -0.3 is 39.5 Å². The number of nitrogens with zero attached hydrogens (tertiary/aromatic N) is 5. The van der Waals surface area contributed by atoms with Crippen molar-refractivity contribution in [1.82, 2.24) is 20.2 Å². The summed E-state index contributed by atoms with van der Waals surface area (Å²) in [6.07, 6.45) is 4.19. The molecule has 2 atom stereocenters. The molecule has 0 bridgehead atoms. The van der Waals surface area contributed by atoms with Crippen LogP contribution < -0.4 is 25.2 Å². The van der Waals surface area contributed by atoms with Crippen molar-refractivity contribution in [3.63, 3.8) is 0 Å². The minimum absolute atomic E-state index is 0.116. The van der Waals surface area contributed by atoms with E-state index >= 15 is 0 Å². The van der Waals surface area contributed by atoms with Crippen LogP contribution in [0.5, 0.6) is 5.75 Å². The zero-order chi connectivity index (χ0) is 35.4. The predicted molar refractivity (Wildman–Crippen MR) is 181 cm³/mol. The molecule has 0 unspecified atom stereocenters. The monoisotopic (exact) mass is 693 g/mol. The molecule has 15 heteroatoms. The molecule has 0 spiro atoms. The molecule has 1 aliphatic carbocycles. The molecule has 1 saturated heterocycles. The van der Waals surface area contributed by atoms with Gasteiger partial charge in [-0.25, -0.2) is 9.78 Å². The van der Waals surface area contributed by atoms with Gasteiger partial charge in [-0.05, 0) is 43.0 Å². The topological polar surface area (TPSA) is 138 Å². The second-order valence-corrected chi connectivity index (χ2v) is 12.7. The minimum atomic E-state index is -3.58. The van der Waals surface area contributed by atoms with E-state index in [1.165, 1.54) is 32.4 Å². The van der Waals surface area contributed by atoms with E-state index in [9.17, 15) is 23.2 Å². The fourth-order valence-corrected chi connectivity index (χ4v) is 6.71. The zero-order valence-electron chi connectivity index (χ0n) is 28.2. The number of likely N-dealkylation sites (tertiary alicyclic amines) is 1. The van der Waals surface area contributed by atoms with Gasteiger partial charge in [-0.3, -0.25) is 9.59 Å². The van der Waals surface area contributed by atoms with Gasteiger partial charge in [0.15, 0.2) is 5.82 Å². The molecule has 13 nitrogen and oxygen atoms in total. The van der Waals surface area contributed by atoms with E-state index in [4.69, 9.17) is 14.2 Å². The van der Waals surface area contributed by atoms with E-state index < -0.39 is 30.6 Å². The lowest BCUT2D eigenvalue weighted by molar-refractivity contribution is -0.140. The maximum absolute atomic E-state index is 15.0. The average Bonchev–Trinajstić information content (AvgIpc) is 3.66. The Morgan fingerprint density at radius 1 is 1.06 bits per heavy atom. The van der Waals surface area contributed by atoms with Crippen molar-refractivity contribution >= 4 is 41.0 Å². The number of alkyl halides is 2. The summed E-state index contributed by atoms with van der Waals surface area (Å²) in [5.41, 5.74) is 1.85. The highest BCUT2D eigenvalue weighted by atomic mass is 19.3. The Kier molecular flexibility index (Phi) is 10.3. The molecule has 0 radical (unpaired) electrons. The smallest absolute Gasteiger partial charge is 0.410 e.